The summed E-state index contributed by atoms with van der Waals surface area (Å²) in [6.45, 7) is 1.28. The number of aromatic nitrogens is 3. The molecule has 106 valence electrons. The molecule has 0 saturated heterocycles. The number of hydrogen-bond donors (Lipinski definition) is 3. The van der Waals surface area contributed by atoms with E-state index in [4.69, 9.17) is 5.73 Å². The normalized spacial score (nSPS) is 11.1. The third-order valence-electron chi connectivity index (χ3n) is 1.99. The zero-order valence-corrected chi connectivity index (χ0v) is 11.8. The van der Waals surface area contributed by atoms with Gasteiger partial charge in [-0.05, 0) is 12.1 Å². The fourth-order valence-corrected chi connectivity index (χ4v) is 3.18. The second-order valence-corrected chi connectivity index (χ2v) is 6.43. The van der Waals surface area contributed by atoms with Crippen molar-refractivity contribution in [1.29, 1.82) is 0 Å². The van der Waals surface area contributed by atoms with E-state index in [-0.39, 0.29) is 26.9 Å². The predicted octanol–water partition coefficient (Wildman–Crippen LogP) is 0.274. The highest BCUT2D eigenvalue weighted by Gasteiger charge is 2.22. The first-order chi connectivity index (χ1) is 9.38. The molecule has 9 nitrogen and oxygen atoms in total. The standard InChI is InChI=1S/C9H10N6O3S2/c1-5(16)12-8-13-14-9(19-8)20(17,18)15-7-6(10)3-2-4-11-7/h2-4H,10H2,1H3,(H,11,15)(H,12,13,16). The van der Waals surface area contributed by atoms with Gasteiger partial charge in [0.25, 0.3) is 14.4 Å². The van der Waals surface area contributed by atoms with Crippen molar-refractivity contribution in [2.75, 3.05) is 15.8 Å². The first-order valence-corrected chi connectivity index (χ1v) is 7.53. The van der Waals surface area contributed by atoms with Crippen molar-refractivity contribution >= 4 is 43.9 Å². The lowest BCUT2D eigenvalue weighted by molar-refractivity contribution is -0.114. The van der Waals surface area contributed by atoms with Crippen LogP contribution in [0, 0.1) is 0 Å². The molecule has 0 fully saturated rings. The van der Waals surface area contributed by atoms with Gasteiger partial charge in [-0.15, -0.1) is 10.2 Å². The quantitative estimate of drug-likeness (QED) is 0.688. The van der Waals surface area contributed by atoms with Gasteiger partial charge < -0.3 is 11.1 Å². The number of amides is 1. The average Bonchev–Trinajstić information content (AvgIpc) is 2.80. The summed E-state index contributed by atoms with van der Waals surface area (Å²) in [4.78, 5) is 14.7. The van der Waals surface area contributed by atoms with E-state index in [0.717, 1.165) is 11.3 Å². The van der Waals surface area contributed by atoms with Crippen LogP contribution in [0.4, 0.5) is 16.6 Å². The zero-order valence-electron chi connectivity index (χ0n) is 10.2. The summed E-state index contributed by atoms with van der Waals surface area (Å²) in [5.74, 6) is -0.365. The topological polar surface area (TPSA) is 140 Å². The van der Waals surface area contributed by atoms with Crippen LogP contribution in [0.25, 0.3) is 0 Å². The van der Waals surface area contributed by atoms with Gasteiger partial charge in [0.1, 0.15) is 0 Å². The molecule has 0 spiro atoms. The monoisotopic (exact) mass is 314 g/mol. The van der Waals surface area contributed by atoms with E-state index in [2.05, 4.69) is 25.2 Å². The molecule has 0 aliphatic carbocycles. The fraction of sp³-hybridized carbons (Fsp3) is 0.111. The van der Waals surface area contributed by atoms with Crippen LogP contribution in [0.3, 0.4) is 0 Å². The van der Waals surface area contributed by atoms with Crippen molar-refractivity contribution in [1.82, 2.24) is 15.2 Å². The van der Waals surface area contributed by atoms with Crippen LogP contribution < -0.4 is 15.8 Å². The molecular weight excluding hydrogens is 304 g/mol. The van der Waals surface area contributed by atoms with E-state index in [0.29, 0.717) is 0 Å². The van der Waals surface area contributed by atoms with Crippen molar-refractivity contribution < 1.29 is 13.2 Å². The second kappa shape index (κ2) is 5.38. The molecule has 2 heterocycles. The van der Waals surface area contributed by atoms with Crippen LogP contribution in [0.5, 0.6) is 0 Å². The van der Waals surface area contributed by atoms with Crippen molar-refractivity contribution in [3.05, 3.63) is 18.3 Å². The molecule has 11 heteroatoms. The molecule has 2 aromatic heterocycles. The second-order valence-electron chi connectivity index (χ2n) is 3.60. The van der Waals surface area contributed by atoms with E-state index in [1.807, 2.05) is 0 Å². The Morgan fingerprint density at radius 2 is 2.15 bits per heavy atom. The first kappa shape index (κ1) is 14.1. The van der Waals surface area contributed by atoms with Gasteiger partial charge in [0.2, 0.25) is 11.0 Å². The number of hydrogen-bond acceptors (Lipinski definition) is 8. The number of carbonyl (C=O) groups is 1. The third-order valence-corrected chi connectivity index (χ3v) is 4.53. The lowest BCUT2D eigenvalue weighted by atomic mass is 10.4. The van der Waals surface area contributed by atoms with Gasteiger partial charge in [-0.2, -0.15) is 8.42 Å². The predicted molar refractivity (Wildman–Crippen MR) is 73.7 cm³/mol. The fourth-order valence-electron chi connectivity index (χ4n) is 1.19. The maximum atomic E-state index is 12.0. The van der Waals surface area contributed by atoms with Gasteiger partial charge in [0.15, 0.2) is 5.82 Å². The number of sulfonamides is 1. The van der Waals surface area contributed by atoms with Crippen LogP contribution in [0.15, 0.2) is 22.7 Å². The molecule has 0 aliphatic rings. The van der Waals surface area contributed by atoms with Crippen LogP contribution in [0.2, 0.25) is 0 Å². The zero-order chi connectivity index (χ0) is 14.8. The summed E-state index contributed by atoms with van der Waals surface area (Å²) in [6.07, 6.45) is 1.40. The van der Waals surface area contributed by atoms with Gasteiger partial charge in [0.05, 0.1) is 5.69 Å². The van der Waals surface area contributed by atoms with E-state index in [1.54, 1.807) is 6.07 Å². The van der Waals surface area contributed by atoms with Crippen molar-refractivity contribution in [3.8, 4) is 0 Å². The molecule has 1 amide bonds. The molecule has 0 unspecified atom stereocenters. The number of nitrogens with one attached hydrogen (secondary N) is 2. The summed E-state index contributed by atoms with van der Waals surface area (Å²) in [5.41, 5.74) is 5.78. The van der Waals surface area contributed by atoms with E-state index in [1.165, 1.54) is 19.2 Å². The number of nitrogens with zero attached hydrogens (tertiary/aromatic N) is 3. The molecular formula is C9H10N6O3S2. The Morgan fingerprint density at radius 3 is 2.80 bits per heavy atom. The van der Waals surface area contributed by atoms with Crippen LogP contribution in [-0.4, -0.2) is 29.5 Å². The Kier molecular flexibility index (Phi) is 3.81. The summed E-state index contributed by atoms with van der Waals surface area (Å²) in [7, 11) is -3.95. The number of nitrogen functional groups attached to an aromatic ring is 1. The van der Waals surface area contributed by atoms with Gasteiger partial charge in [-0.1, -0.05) is 11.3 Å². The van der Waals surface area contributed by atoms with E-state index in [9.17, 15) is 13.2 Å². The Labute approximate surface area is 118 Å². The summed E-state index contributed by atoms with van der Waals surface area (Å²) < 4.78 is 26.0. The van der Waals surface area contributed by atoms with Gasteiger partial charge >= 0.3 is 0 Å². The molecule has 20 heavy (non-hydrogen) atoms. The maximum Gasteiger partial charge on any atom is 0.292 e. The van der Waals surface area contributed by atoms with Crippen LogP contribution in [0.1, 0.15) is 6.92 Å². The average molecular weight is 314 g/mol. The summed E-state index contributed by atoms with van der Waals surface area (Å²) in [5, 5.41) is 9.49. The third kappa shape index (κ3) is 3.19. The Hall–Kier alpha value is -2.27. The molecule has 0 atom stereocenters. The Morgan fingerprint density at radius 1 is 1.40 bits per heavy atom. The smallest absolute Gasteiger partial charge is 0.292 e. The summed E-state index contributed by atoms with van der Waals surface area (Å²) >= 11 is 0.720. The van der Waals surface area contributed by atoms with Crippen molar-refractivity contribution in [2.24, 2.45) is 0 Å². The Bertz CT molecular complexity index is 742. The number of anilines is 3. The highest BCUT2D eigenvalue weighted by atomic mass is 32.2. The summed E-state index contributed by atoms with van der Waals surface area (Å²) in [6, 6.07) is 3.08. The minimum atomic E-state index is -3.95. The SMILES string of the molecule is CC(=O)Nc1nnc(S(=O)(=O)Nc2ncccc2N)s1. The lowest BCUT2D eigenvalue weighted by Crippen LogP contribution is -2.15. The van der Waals surface area contributed by atoms with E-state index < -0.39 is 10.0 Å². The number of pyridine rings is 1. The molecule has 2 aromatic rings. The minimum absolute atomic E-state index is 0.00350. The molecule has 0 aromatic carbocycles. The molecule has 0 bridgehead atoms. The van der Waals surface area contributed by atoms with Gasteiger partial charge in [-0.3, -0.25) is 9.52 Å². The van der Waals surface area contributed by atoms with Gasteiger partial charge in [0, 0.05) is 13.1 Å². The Balaban J connectivity index is 2.25. The molecule has 2 rings (SSSR count). The number of carbonyl (C=O) groups excluding carboxylic acids is 1. The largest absolute Gasteiger partial charge is 0.396 e. The van der Waals surface area contributed by atoms with E-state index >= 15 is 0 Å². The maximum absolute atomic E-state index is 12.0. The first-order valence-electron chi connectivity index (χ1n) is 5.23. The van der Waals surface area contributed by atoms with Crippen molar-refractivity contribution in [2.45, 2.75) is 11.3 Å². The van der Waals surface area contributed by atoms with Crippen LogP contribution >= 0.6 is 11.3 Å². The lowest BCUT2D eigenvalue weighted by Gasteiger charge is -2.05. The highest BCUT2D eigenvalue weighted by molar-refractivity contribution is 7.94. The van der Waals surface area contributed by atoms with Crippen molar-refractivity contribution in [3.63, 3.8) is 0 Å². The molecule has 0 aliphatic heterocycles. The minimum Gasteiger partial charge on any atom is -0.396 e. The van der Waals surface area contributed by atoms with Gasteiger partial charge in [-0.25, -0.2) is 4.98 Å². The molecule has 4 N–H and O–H groups in total. The highest BCUT2D eigenvalue weighted by Crippen LogP contribution is 2.23. The van der Waals surface area contributed by atoms with Crippen LogP contribution in [-0.2, 0) is 14.8 Å². The number of nitrogens with two attached hydrogens (primary N) is 1. The number of rotatable bonds is 4. The molecule has 0 saturated carbocycles. The molecule has 0 radical (unpaired) electrons.